The van der Waals surface area contributed by atoms with Crippen LogP contribution in [0.3, 0.4) is 0 Å². The lowest BCUT2D eigenvalue weighted by Gasteiger charge is -2.12. The summed E-state index contributed by atoms with van der Waals surface area (Å²) in [5.74, 6) is 0.603. The summed E-state index contributed by atoms with van der Waals surface area (Å²) >= 11 is 0. The zero-order valence-corrected chi connectivity index (χ0v) is 11.1. The van der Waals surface area contributed by atoms with E-state index in [1.165, 1.54) is 12.8 Å². The van der Waals surface area contributed by atoms with Crippen LogP contribution < -0.4 is 5.32 Å². The molecule has 1 saturated carbocycles. The monoisotopic (exact) mass is 252 g/mol. The summed E-state index contributed by atoms with van der Waals surface area (Å²) in [6.45, 7) is 3.85. The largest absolute Gasteiger partial charge is 0.362 e. The number of hydrogen-bond donors (Lipinski definition) is 1. The highest BCUT2D eigenvalue weighted by atomic mass is 16.6. The number of aryl methyl sites for hydroxylation is 1. The first kappa shape index (κ1) is 12.9. The van der Waals surface area contributed by atoms with Gasteiger partial charge in [0.2, 0.25) is 5.82 Å². The highest BCUT2D eigenvalue weighted by Crippen LogP contribution is 2.34. The Morgan fingerprint density at radius 3 is 2.56 bits per heavy atom. The quantitative estimate of drug-likeness (QED) is 0.660. The third kappa shape index (κ3) is 2.32. The van der Waals surface area contributed by atoms with Gasteiger partial charge in [-0.25, -0.2) is 4.68 Å². The lowest BCUT2D eigenvalue weighted by Crippen LogP contribution is -2.17. The summed E-state index contributed by atoms with van der Waals surface area (Å²) in [4.78, 5) is 10.9. The summed E-state index contributed by atoms with van der Waals surface area (Å²) in [6.07, 6.45) is 4.55. The first-order valence-corrected chi connectivity index (χ1v) is 6.48. The van der Waals surface area contributed by atoms with Crippen LogP contribution in [-0.4, -0.2) is 20.7 Å². The Kier molecular flexibility index (Phi) is 3.54. The number of aromatic nitrogens is 2. The lowest BCUT2D eigenvalue weighted by atomic mass is 10.1. The van der Waals surface area contributed by atoms with Gasteiger partial charge in [0, 0.05) is 19.0 Å². The van der Waals surface area contributed by atoms with Gasteiger partial charge in [0.25, 0.3) is 0 Å². The van der Waals surface area contributed by atoms with Crippen molar-refractivity contribution in [2.45, 2.75) is 51.5 Å². The number of rotatable bonds is 4. The van der Waals surface area contributed by atoms with Crippen molar-refractivity contribution in [1.82, 2.24) is 9.78 Å². The minimum atomic E-state index is -0.320. The molecule has 6 heteroatoms. The summed E-state index contributed by atoms with van der Waals surface area (Å²) in [6, 6.07) is 0.346. The number of nitrogens with one attached hydrogen (secondary N) is 1. The Balaban J connectivity index is 2.35. The SMILES string of the molecule is CC(C)c1nn(C)c(NC2CCCC2)c1[N+](=O)[O-]. The Morgan fingerprint density at radius 2 is 2.06 bits per heavy atom. The first-order chi connectivity index (χ1) is 8.50. The van der Waals surface area contributed by atoms with Crippen LogP contribution >= 0.6 is 0 Å². The number of anilines is 1. The normalized spacial score (nSPS) is 16.4. The summed E-state index contributed by atoms with van der Waals surface area (Å²) in [5, 5.41) is 18.8. The van der Waals surface area contributed by atoms with Crippen LogP contribution in [0.4, 0.5) is 11.5 Å². The van der Waals surface area contributed by atoms with E-state index in [4.69, 9.17) is 0 Å². The van der Waals surface area contributed by atoms with Crippen molar-refractivity contribution in [1.29, 1.82) is 0 Å². The van der Waals surface area contributed by atoms with Crippen LogP contribution in [0.15, 0.2) is 0 Å². The van der Waals surface area contributed by atoms with Crippen LogP contribution in [0.2, 0.25) is 0 Å². The van der Waals surface area contributed by atoms with Gasteiger partial charge in [0.05, 0.1) is 4.92 Å². The fourth-order valence-electron chi connectivity index (χ4n) is 2.53. The number of nitrogens with zero attached hydrogens (tertiary/aromatic N) is 3. The molecule has 1 aliphatic carbocycles. The molecule has 1 aliphatic rings. The van der Waals surface area contributed by atoms with E-state index in [2.05, 4.69) is 10.4 Å². The van der Waals surface area contributed by atoms with Crippen molar-refractivity contribution in [2.75, 3.05) is 5.32 Å². The summed E-state index contributed by atoms with van der Waals surface area (Å²) < 4.78 is 1.60. The van der Waals surface area contributed by atoms with Gasteiger partial charge in [0.15, 0.2) is 0 Å². The molecule has 0 aromatic carbocycles. The standard InChI is InChI=1S/C12H20N4O2/c1-8(2)10-11(16(17)18)12(15(3)14-10)13-9-6-4-5-7-9/h8-9,13H,4-7H2,1-3H3. The van der Waals surface area contributed by atoms with Gasteiger partial charge in [-0.2, -0.15) is 5.10 Å². The van der Waals surface area contributed by atoms with Gasteiger partial charge >= 0.3 is 5.69 Å². The smallest absolute Gasteiger partial charge is 0.334 e. The highest BCUT2D eigenvalue weighted by molar-refractivity contribution is 5.61. The maximum absolute atomic E-state index is 11.2. The molecule has 1 aromatic rings. The molecule has 0 amide bonds. The fourth-order valence-corrected chi connectivity index (χ4v) is 2.53. The van der Waals surface area contributed by atoms with Crippen LogP contribution in [-0.2, 0) is 7.05 Å². The second-order valence-corrected chi connectivity index (χ2v) is 5.24. The fraction of sp³-hybridized carbons (Fsp3) is 0.750. The molecule has 0 radical (unpaired) electrons. The number of nitro groups is 1. The van der Waals surface area contributed by atoms with E-state index < -0.39 is 0 Å². The van der Waals surface area contributed by atoms with E-state index in [-0.39, 0.29) is 16.5 Å². The maximum atomic E-state index is 11.2. The van der Waals surface area contributed by atoms with Gasteiger partial charge in [-0.05, 0) is 12.8 Å². The Bertz CT molecular complexity index is 447. The molecular weight excluding hydrogens is 232 g/mol. The zero-order chi connectivity index (χ0) is 13.3. The molecule has 0 spiro atoms. The van der Waals surface area contributed by atoms with E-state index in [1.54, 1.807) is 11.7 Å². The average Bonchev–Trinajstić information content (AvgIpc) is 2.88. The van der Waals surface area contributed by atoms with Crippen molar-refractivity contribution in [2.24, 2.45) is 7.05 Å². The van der Waals surface area contributed by atoms with Crippen LogP contribution in [0, 0.1) is 10.1 Å². The second kappa shape index (κ2) is 4.96. The van der Waals surface area contributed by atoms with Crippen LogP contribution in [0.5, 0.6) is 0 Å². The first-order valence-electron chi connectivity index (χ1n) is 6.48. The van der Waals surface area contributed by atoms with Crippen molar-refractivity contribution in [3.8, 4) is 0 Å². The van der Waals surface area contributed by atoms with Gasteiger partial charge in [-0.1, -0.05) is 26.7 Å². The van der Waals surface area contributed by atoms with Crippen LogP contribution in [0.1, 0.15) is 51.1 Å². The Labute approximate surface area is 107 Å². The molecule has 1 fully saturated rings. The Morgan fingerprint density at radius 1 is 1.44 bits per heavy atom. The molecule has 0 bridgehead atoms. The van der Waals surface area contributed by atoms with Crippen molar-refractivity contribution in [3.63, 3.8) is 0 Å². The van der Waals surface area contributed by atoms with Crippen molar-refractivity contribution in [3.05, 3.63) is 15.8 Å². The zero-order valence-electron chi connectivity index (χ0n) is 11.1. The molecular formula is C12H20N4O2. The predicted octanol–water partition coefficient (Wildman–Crippen LogP) is 2.81. The maximum Gasteiger partial charge on any atom is 0.334 e. The molecule has 100 valence electrons. The molecule has 1 heterocycles. The topological polar surface area (TPSA) is 73.0 Å². The van der Waals surface area contributed by atoms with Gasteiger partial charge in [-0.15, -0.1) is 0 Å². The molecule has 0 atom stereocenters. The van der Waals surface area contributed by atoms with E-state index in [0.29, 0.717) is 17.6 Å². The molecule has 18 heavy (non-hydrogen) atoms. The number of hydrogen-bond acceptors (Lipinski definition) is 4. The summed E-state index contributed by atoms with van der Waals surface area (Å²) in [7, 11) is 1.76. The predicted molar refractivity (Wildman–Crippen MR) is 69.8 cm³/mol. The molecule has 1 aromatic heterocycles. The van der Waals surface area contributed by atoms with Gasteiger partial charge < -0.3 is 5.32 Å². The van der Waals surface area contributed by atoms with Crippen LogP contribution in [0.25, 0.3) is 0 Å². The second-order valence-electron chi connectivity index (χ2n) is 5.24. The van der Waals surface area contributed by atoms with E-state index >= 15 is 0 Å². The Hall–Kier alpha value is -1.59. The third-order valence-corrected chi connectivity index (χ3v) is 3.47. The van der Waals surface area contributed by atoms with Crippen molar-refractivity contribution < 1.29 is 4.92 Å². The minimum Gasteiger partial charge on any atom is -0.362 e. The molecule has 0 unspecified atom stereocenters. The minimum absolute atomic E-state index is 0.0516. The highest BCUT2D eigenvalue weighted by Gasteiger charge is 2.30. The van der Waals surface area contributed by atoms with Gasteiger partial charge in [-0.3, -0.25) is 10.1 Å². The van der Waals surface area contributed by atoms with Gasteiger partial charge in [0.1, 0.15) is 5.69 Å². The molecule has 6 nitrogen and oxygen atoms in total. The van der Waals surface area contributed by atoms with Crippen molar-refractivity contribution >= 4 is 11.5 Å². The molecule has 0 saturated heterocycles. The third-order valence-electron chi connectivity index (χ3n) is 3.47. The van der Waals surface area contributed by atoms with E-state index in [1.807, 2.05) is 13.8 Å². The lowest BCUT2D eigenvalue weighted by molar-refractivity contribution is -0.384. The molecule has 1 N–H and O–H groups in total. The molecule has 2 rings (SSSR count). The average molecular weight is 252 g/mol. The molecule has 0 aliphatic heterocycles. The summed E-state index contributed by atoms with van der Waals surface area (Å²) in [5.41, 5.74) is 0.697. The van der Waals surface area contributed by atoms with E-state index in [9.17, 15) is 10.1 Å². The van der Waals surface area contributed by atoms with E-state index in [0.717, 1.165) is 12.8 Å².